The zero-order valence-corrected chi connectivity index (χ0v) is 9.66. The van der Waals surface area contributed by atoms with Crippen LogP contribution in [0, 0.1) is 10.1 Å². The van der Waals surface area contributed by atoms with Crippen molar-refractivity contribution < 1.29 is 22.8 Å². The minimum absolute atomic E-state index is 0.248. The molecule has 0 aromatic heterocycles. The summed E-state index contributed by atoms with van der Waals surface area (Å²) in [6, 6.07) is 3.10. The first kappa shape index (κ1) is 15.2. The minimum Gasteiger partial charge on any atom is -0.398 e. The SMILES string of the molecule is NC(N)=NN=Cc1cccc(OC(F)(F)F)c1[N+](=O)[O-]. The number of benzene rings is 1. The standard InChI is InChI=1S/C9H8F3N5O3/c10-9(11,12)20-6-3-1-2-5(7(6)17(18)19)4-15-16-8(13)14/h1-4H,(H4,13,14,16). The molecule has 0 aliphatic heterocycles. The number of para-hydroxylation sites is 1. The van der Waals surface area contributed by atoms with Crippen LogP contribution in [0.2, 0.25) is 0 Å². The second-order valence-corrected chi connectivity index (χ2v) is 3.27. The molecule has 4 N–H and O–H groups in total. The molecule has 0 aliphatic carbocycles. The smallest absolute Gasteiger partial charge is 0.398 e. The summed E-state index contributed by atoms with van der Waals surface area (Å²) in [6.07, 6.45) is -4.22. The minimum atomic E-state index is -5.06. The van der Waals surface area contributed by atoms with Crippen molar-refractivity contribution in [3.63, 3.8) is 0 Å². The molecule has 11 heteroatoms. The van der Waals surface area contributed by atoms with Crippen LogP contribution in [0.15, 0.2) is 28.4 Å². The van der Waals surface area contributed by atoms with Crippen LogP contribution in [0.5, 0.6) is 5.75 Å². The van der Waals surface area contributed by atoms with Crippen molar-refractivity contribution in [1.82, 2.24) is 0 Å². The molecule has 0 radical (unpaired) electrons. The third kappa shape index (κ3) is 4.44. The number of halogens is 3. The van der Waals surface area contributed by atoms with Gasteiger partial charge in [0.2, 0.25) is 11.7 Å². The van der Waals surface area contributed by atoms with Crippen LogP contribution < -0.4 is 16.2 Å². The Labute approximate surface area is 109 Å². The monoisotopic (exact) mass is 291 g/mol. The molecule has 0 fully saturated rings. The molecule has 0 atom stereocenters. The van der Waals surface area contributed by atoms with E-state index in [0.717, 1.165) is 24.4 Å². The van der Waals surface area contributed by atoms with Gasteiger partial charge in [-0.3, -0.25) is 10.1 Å². The number of ether oxygens (including phenoxy) is 1. The van der Waals surface area contributed by atoms with Crippen molar-refractivity contribution in [2.75, 3.05) is 0 Å². The lowest BCUT2D eigenvalue weighted by atomic mass is 10.2. The maximum Gasteiger partial charge on any atom is 0.573 e. The molecule has 108 valence electrons. The highest BCUT2D eigenvalue weighted by Gasteiger charge is 2.35. The molecule has 1 aromatic carbocycles. The van der Waals surface area contributed by atoms with Crippen molar-refractivity contribution >= 4 is 17.9 Å². The average Bonchev–Trinajstić information content (AvgIpc) is 2.25. The van der Waals surface area contributed by atoms with E-state index < -0.39 is 28.7 Å². The predicted octanol–water partition coefficient (Wildman–Crippen LogP) is 1.10. The van der Waals surface area contributed by atoms with Gasteiger partial charge in [0.15, 0.2) is 0 Å². The Morgan fingerprint density at radius 3 is 2.55 bits per heavy atom. The lowest BCUT2D eigenvalue weighted by Gasteiger charge is -2.09. The molecule has 8 nitrogen and oxygen atoms in total. The maximum absolute atomic E-state index is 12.1. The molecule has 0 amide bonds. The highest BCUT2D eigenvalue weighted by atomic mass is 19.4. The summed E-state index contributed by atoms with van der Waals surface area (Å²) < 4.78 is 40.0. The van der Waals surface area contributed by atoms with Gasteiger partial charge in [-0.1, -0.05) is 6.07 Å². The maximum atomic E-state index is 12.1. The summed E-state index contributed by atoms with van der Waals surface area (Å²) in [5, 5.41) is 17.3. The van der Waals surface area contributed by atoms with E-state index in [-0.39, 0.29) is 5.56 Å². The number of nitro groups is 1. The molecule has 0 heterocycles. The van der Waals surface area contributed by atoms with E-state index in [4.69, 9.17) is 11.5 Å². The van der Waals surface area contributed by atoms with Gasteiger partial charge in [0.1, 0.15) is 0 Å². The highest BCUT2D eigenvalue weighted by Crippen LogP contribution is 2.33. The van der Waals surface area contributed by atoms with Crippen LogP contribution in [0.1, 0.15) is 5.56 Å². The molecule has 0 bridgehead atoms. The Hall–Kier alpha value is -2.85. The number of nitro benzene ring substituents is 1. The summed E-state index contributed by atoms with van der Waals surface area (Å²) >= 11 is 0. The topological polar surface area (TPSA) is 129 Å². The number of hydrogen-bond acceptors (Lipinski definition) is 5. The quantitative estimate of drug-likeness (QED) is 0.371. The molecule has 0 spiro atoms. The number of nitrogens with zero attached hydrogens (tertiary/aromatic N) is 3. The van der Waals surface area contributed by atoms with E-state index in [1.807, 2.05) is 0 Å². The van der Waals surface area contributed by atoms with Gasteiger partial charge >= 0.3 is 12.0 Å². The Balaban J connectivity index is 3.25. The first-order chi connectivity index (χ1) is 9.20. The fourth-order valence-corrected chi connectivity index (χ4v) is 1.20. The molecule has 1 aromatic rings. The second-order valence-electron chi connectivity index (χ2n) is 3.27. The molecule has 20 heavy (non-hydrogen) atoms. The van der Waals surface area contributed by atoms with E-state index in [2.05, 4.69) is 14.9 Å². The normalized spacial score (nSPS) is 11.3. The van der Waals surface area contributed by atoms with Crippen LogP contribution in [-0.2, 0) is 0 Å². The summed E-state index contributed by atoms with van der Waals surface area (Å²) in [7, 11) is 0. The Morgan fingerprint density at radius 1 is 1.40 bits per heavy atom. The fraction of sp³-hybridized carbons (Fsp3) is 0.111. The molecule has 0 saturated heterocycles. The summed E-state index contributed by atoms with van der Waals surface area (Å²) in [4.78, 5) is 9.81. The van der Waals surface area contributed by atoms with Gasteiger partial charge in [0.25, 0.3) is 0 Å². The largest absolute Gasteiger partial charge is 0.573 e. The lowest BCUT2D eigenvalue weighted by Crippen LogP contribution is -2.21. The van der Waals surface area contributed by atoms with Crippen molar-refractivity contribution in [3.8, 4) is 5.75 Å². The van der Waals surface area contributed by atoms with Crippen molar-refractivity contribution in [2.45, 2.75) is 6.36 Å². The van der Waals surface area contributed by atoms with Gasteiger partial charge in [-0.15, -0.1) is 18.3 Å². The number of rotatable bonds is 4. The lowest BCUT2D eigenvalue weighted by molar-refractivity contribution is -0.388. The van der Waals surface area contributed by atoms with Crippen molar-refractivity contribution in [1.29, 1.82) is 0 Å². The van der Waals surface area contributed by atoms with E-state index >= 15 is 0 Å². The predicted molar refractivity (Wildman–Crippen MR) is 63.2 cm³/mol. The van der Waals surface area contributed by atoms with Gasteiger partial charge in [0.05, 0.1) is 16.7 Å². The third-order valence-corrected chi connectivity index (χ3v) is 1.81. The molecular weight excluding hydrogens is 283 g/mol. The molecule has 0 unspecified atom stereocenters. The number of hydrogen-bond donors (Lipinski definition) is 2. The van der Waals surface area contributed by atoms with E-state index in [1.165, 1.54) is 0 Å². The van der Waals surface area contributed by atoms with Gasteiger partial charge < -0.3 is 16.2 Å². The van der Waals surface area contributed by atoms with Crippen LogP contribution in [0.25, 0.3) is 0 Å². The first-order valence-electron chi connectivity index (χ1n) is 4.86. The number of nitrogens with two attached hydrogens (primary N) is 2. The highest BCUT2D eigenvalue weighted by molar-refractivity contribution is 5.87. The van der Waals surface area contributed by atoms with Gasteiger partial charge in [-0.25, -0.2) is 0 Å². The molecule has 0 aliphatic rings. The van der Waals surface area contributed by atoms with Gasteiger partial charge in [0, 0.05) is 0 Å². The van der Waals surface area contributed by atoms with E-state index in [1.54, 1.807) is 0 Å². The van der Waals surface area contributed by atoms with E-state index in [9.17, 15) is 23.3 Å². The van der Waals surface area contributed by atoms with Gasteiger partial charge in [-0.05, 0) is 12.1 Å². The fourth-order valence-electron chi connectivity index (χ4n) is 1.20. The number of alkyl halides is 3. The Morgan fingerprint density at radius 2 is 2.05 bits per heavy atom. The number of guanidine groups is 1. The van der Waals surface area contributed by atoms with Crippen molar-refractivity contribution in [2.24, 2.45) is 21.7 Å². The zero-order chi connectivity index (χ0) is 15.3. The van der Waals surface area contributed by atoms with Crippen molar-refractivity contribution in [3.05, 3.63) is 33.9 Å². The first-order valence-corrected chi connectivity index (χ1v) is 4.86. The zero-order valence-electron chi connectivity index (χ0n) is 9.66. The average molecular weight is 291 g/mol. The summed E-state index contributed by atoms with van der Waals surface area (Å²) in [5.74, 6) is -1.37. The summed E-state index contributed by atoms with van der Waals surface area (Å²) in [5.41, 5.74) is 8.80. The Bertz CT molecular complexity index is 566. The van der Waals surface area contributed by atoms with Crippen LogP contribution in [0.4, 0.5) is 18.9 Å². The van der Waals surface area contributed by atoms with Gasteiger partial charge in [-0.2, -0.15) is 5.10 Å². The van der Waals surface area contributed by atoms with E-state index in [0.29, 0.717) is 0 Å². The Kier molecular flexibility index (Phi) is 4.46. The summed E-state index contributed by atoms with van der Waals surface area (Å²) in [6.45, 7) is 0. The third-order valence-electron chi connectivity index (χ3n) is 1.81. The molecule has 0 saturated carbocycles. The molecule has 1 rings (SSSR count). The van der Waals surface area contributed by atoms with Crippen LogP contribution in [0.3, 0.4) is 0 Å². The molecular formula is C9H8F3N5O3. The second kappa shape index (κ2) is 5.86. The van der Waals surface area contributed by atoms with Crippen LogP contribution >= 0.6 is 0 Å². The van der Waals surface area contributed by atoms with Crippen LogP contribution in [-0.4, -0.2) is 23.5 Å².